The third kappa shape index (κ3) is 3.34. The predicted molar refractivity (Wildman–Crippen MR) is 104 cm³/mol. The minimum absolute atomic E-state index is 0.0992. The third-order valence-electron chi connectivity index (χ3n) is 5.58. The van der Waals surface area contributed by atoms with Crippen LogP contribution in [0.2, 0.25) is 5.02 Å². The largest absolute Gasteiger partial charge is 0.449 e. The lowest BCUT2D eigenvalue weighted by Gasteiger charge is -2.39. The number of nitrogens with zero attached hydrogens (tertiary/aromatic N) is 1. The van der Waals surface area contributed by atoms with Crippen molar-refractivity contribution in [2.45, 2.75) is 38.2 Å². The highest BCUT2D eigenvalue weighted by Gasteiger charge is 2.48. The quantitative estimate of drug-likeness (QED) is 0.743. The summed E-state index contributed by atoms with van der Waals surface area (Å²) in [6.07, 6.45) is 2.70. The number of ether oxygens (including phenoxy) is 1. The number of aryl methyl sites for hydroxylation is 2. The molecule has 0 radical (unpaired) electrons. The second-order valence-electron chi connectivity index (χ2n) is 7.43. The van der Waals surface area contributed by atoms with E-state index < -0.39 is 5.60 Å². The van der Waals surface area contributed by atoms with Crippen LogP contribution in [0.3, 0.4) is 0 Å². The summed E-state index contributed by atoms with van der Waals surface area (Å²) in [4.78, 5) is 26.9. The van der Waals surface area contributed by atoms with Crippen molar-refractivity contribution in [1.29, 1.82) is 0 Å². The number of piperidine rings is 1. The van der Waals surface area contributed by atoms with E-state index in [0.717, 1.165) is 34.6 Å². The topological polar surface area (TPSA) is 46.6 Å². The van der Waals surface area contributed by atoms with Crippen molar-refractivity contribution < 1.29 is 14.3 Å². The minimum Gasteiger partial charge on any atom is -0.449 e. The van der Waals surface area contributed by atoms with Crippen LogP contribution in [-0.2, 0) is 21.6 Å². The molecule has 0 unspecified atom stereocenters. The number of likely N-dealkylation sites (tertiary alicyclic amines) is 1. The maximum atomic E-state index is 12.8. The molecule has 0 saturated carbocycles. The van der Waals surface area contributed by atoms with Gasteiger partial charge in [-0.05, 0) is 49.4 Å². The smallest absolute Gasteiger partial charge is 0.339 e. The number of carbonyl (C=O) groups is 2. The summed E-state index contributed by atoms with van der Waals surface area (Å²) in [6.45, 7) is 3.11. The Labute approximate surface area is 164 Å². The van der Waals surface area contributed by atoms with Crippen LogP contribution in [0.15, 0.2) is 42.5 Å². The van der Waals surface area contributed by atoms with Crippen LogP contribution in [0.25, 0.3) is 0 Å². The zero-order valence-corrected chi connectivity index (χ0v) is 16.1. The Hall–Kier alpha value is -2.33. The molecule has 4 rings (SSSR count). The van der Waals surface area contributed by atoms with Crippen LogP contribution in [0.1, 0.15) is 46.3 Å². The van der Waals surface area contributed by atoms with E-state index in [1.165, 1.54) is 0 Å². The fourth-order valence-corrected chi connectivity index (χ4v) is 4.27. The van der Waals surface area contributed by atoms with Crippen molar-refractivity contribution in [3.05, 3.63) is 69.7 Å². The first-order valence-corrected chi connectivity index (χ1v) is 9.72. The molecular weight excluding hydrogens is 362 g/mol. The lowest BCUT2D eigenvalue weighted by molar-refractivity contribution is -0.138. The Morgan fingerprint density at radius 2 is 2.07 bits per heavy atom. The molecule has 0 N–H and O–H groups in total. The van der Waals surface area contributed by atoms with Gasteiger partial charge < -0.3 is 9.64 Å². The zero-order chi connectivity index (χ0) is 19.0. The molecule has 1 fully saturated rings. The lowest BCUT2D eigenvalue weighted by atomic mass is 9.85. The van der Waals surface area contributed by atoms with Gasteiger partial charge in [0.05, 0.1) is 12.1 Å². The summed E-state index contributed by atoms with van der Waals surface area (Å²) >= 11 is 6.07. The first kappa shape index (κ1) is 18.1. The number of hydrogen-bond donors (Lipinski definition) is 0. The Kier molecular flexibility index (Phi) is 4.68. The molecule has 4 nitrogen and oxygen atoms in total. The van der Waals surface area contributed by atoms with E-state index in [2.05, 4.69) is 0 Å². The molecule has 1 saturated heterocycles. The van der Waals surface area contributed by atoms with Gasteiger partial charge in [0.15, 0.2) is 5.60 Å². The van der Waals surface area contributed by atoms with Crippen LogP contribution in [-0.4, -0.2) is 29.9 Å². The Balaban J connectivity index is 1.46. The molecule has 2 heterocycles. The number of benzene rings is 2. The van der Waals surface area contributed by atoms with Gasteiger partial charge in [-0.2, -0.15) is 0 Å². The van der Waals surface area contributed by atoms with Crippen LogP contribution in [0.5, 0.6) is 0 Å². The Morgan fingerprint density at radius 1 is 1.26 bits per heavy atom. The summed E-state index contributed by atoms with van der Waals surface area (Å²) in [7, 11) is 0. The molecule has 2 aromatic carbocycles. The van der Waals surface area contributed by atoms with Gasteiger partial charge in [-0.25, -0.2) is 4.79 Å². The number of halogens is 1. The normalized spacial score (nSPS) is 21.3. The van der Waals surface area contributed by atoms with Crippen molar-refractivity contribution in [3.8, 4) is 0 Å². The molecule has 140 valence electrons. The molecule has 2 aliphatic heterocycles. The number of amides is 1. The molecule has 0 bridgehead atoms. The molecule has 5 heteroatoms. The third-order valence-corrected chi connectivity index (χ3v) is 6.01. The predicted octanol–water partition coefficient (Wildman–Crippen LogP) is 4.27. The highest BCUT2D eigenvalue weighted by atomic mass is 35.5. The number of esters is 1. The zero-order valence-electron chi connectivity index (χ0n) is 15.3. The fourth-order valence-electron chi connectivity index (χ4n) is 4.16. The van der Waals surface area contributed by atoms with Crippen LogP contribution in [0.4, 0.5) is 0 Å². The number of fused-ring (bicyclic) bond motifs is 2. The van der Waals surface area contributed by atoms with Gasteiger partial charge in [-0.3, -0.25) is 4.79 Å². The SMILES string of the molecule is Cc1cc(CCC(=O)N2CCC[C@@]3(C2)OC(=O)c2ccccc23)ccc1Cl. The monoisotopic (exact) mass is 383 g/mol. The number of carbonyl (C=O) groups excluding carboxylic acids is 2. The maximum absolute atomic E-state index is 12.8. The molecule has 27 heavy (non-hydrogen) atoms. The average Bonchev–Trinajstić information content (AvgIpc) is 2.94. The lowest BCUT2D eigenvalue weighted by Crippen LogP contribution is -2.48. The van der Waals surface area contributed by atoms with Crippen LogP contribution < -0.4 is 0 Å². The van der Waals surface area contributed by atoms with Crippen molar-refractivity contribution in [2.24, 2.45) is 0 Å². The Bertz CT molecular complexity index is 910. The van der Waals surface area contributed by atoms with E-state index in [1.807, 2.05) is 48.2 Å². The van der Waals surface area contributed by atoms with Gasteiger partial charge in [0.25, 0.3) is 0 Å². The molecular formula is C22H22ClNO3. The van der Waals surface area contributed by atoms with Gasteiger partial charge in [0.2, 0.25) is 5.91 Å². The Morgan fingerprint density at radius 3 is 2.89 bits per heavy atom. The first-order valence-electron chi connectivity index (χ1n) is 9.34. The standard InChI is InChI=1S/C22H22ClNO3/c1-15-13-16(7-9-19(15)23)8-10-20(25)24-12-4-11-22(14-24)18-6-3-2-5-17(18)21(26)27-22/h2-3,5-7,9,13H,4,8,10-12,14H2,1H3/t22-/m0/s1. The second-order valence-corrected chi connectivity index (χ2v) is 7.84. The summed E-state index contributed by atoms with van der Waals surface area (Å²) in [5.74, 6) is -0.182. The number of rotatable bonds is 3. The minimum atomic E-state index is -0.682. The molecule has 1 atom stereocenters. The molecule has 2 aliphatic rings. The van der Waals surface area contributed by atoms with Gasteiger partial charge in [0.1, 0.15) is 0 Å². The second kappa shape index (κ2) is 7.01. The maximum Gasteiger partial charge on any atom is 0.339 e. The molecule has 1 spiro atoms. The van der Waals surface area contributed by atoms with E-state index in [1.54, 1.807) is 6.07 Å². The molecule has 1 amide bonds. The van der Waals surface area contributed by atoms with Crippen molar-refractivity contribution >= 4 is 23.5 Å². The number of hydrogen-bond acceptors (Lipinski definition) is 3. The molecule has 0 aliphatic carbocycles. The summed E-state index contributed by atoms with van der Waals surface area (Å²) < 4.78 is 5.78. The van der Waals surface area contributed by atoms with Crippen molar-refractivity contribution in [3.63, 3.8) is 0 Å². The van der Waals surface area contributed by atoms with E-state index >= 15 is 0 Å². The van der Waals surface area contributed by atoms with Gasteiger partial charge in [-0.1, -0.05) is 41.9 Å². The highest BCUT2D eigenvalue weighted by Crippen LogP contribution is 2.42. The first-order chi connectivity index (χ1) is 13.0. The van der Waals surface area contributed by atoms with Crippen molar-refractivity contribution in [1.82, 2.24) is 4.90 Å². The van der Waals surface area contributed by atoms with Gasteiger partial charge >= 0.3 is 5.97 Å². The van der Waals surface area contributed by atoms with Crippen molar-refractivity contribution in [2.75, 3.05) is 13.1 Å². The van der Waals surface area contributed by atoms with Gasteiger partial charge in [-0.15, -0.1) is 0 Å². The van der Waals surface area contributed by atoms with E-state index in [4.69, 9.17) is 16.3 Å². The highest BCUT2D eigenvalue weighted by molar-refractivity contribution is 6.31. The van der Waals surface area contributed by atoms with E-state index in [0.29, 0.717) is 31.5 Å². The fraction of sp³-hybridized carbons (Fsp3) is 0.364. The molecule has 2 aromatic rings. The van der Waals surface area contributed by atoms with Crippen LogP contribution in [0, 0.1) is 6.92 Å². The summed E-state index contributed by atoms with van der Waals surface area (Å²) in [5, 5.41) is 0.741. The molecule has 0 aromatic heterocycles. The summed E-state index contributed by atoms with van der Waals surface area (Å²) in [6, 6.07) is 13.4. The van der Waals surface area contributed by atoms with E-state index in [-0.39, 0.29) is 11.9 Å². The van der Waals surface area contributed by atoms with Gasteiger partial charge in [0, 0.05) is 23.6 Å². The van der Waals surface area contributed by atoms with E-state index in [9.17, 15) is 9.59 Å². The average molecular weight is 384 g/mol. The van der Waals surface area contributed by atoms with Crippen LogP contribution >= 0.6 is 11.6 Å². The summed E-state index contributed by atoms with van der Waals surface area (Å²) in [5.41, 5.74) is 2.99.